The second-order valence-electron chi connectivity index (χ2n) is 5.11. The fraction of sp³-hybridized carbons (Fsp3) is 0.667. The Hall–Kier alpha value is -0.950. The lowest BCUT2D eigenvalue weighted by Gasteiger charge is -2.17. The third-order valence-corrected chi connectivity index (χ3v) is 6.39. The van der Waals surface area contributed by atoms with Gasteiger partial charge in [-0.1, -0.05) is 0 Å². The quantitative estimate of drug-likeness (QED) is 0.798. The molecule has 0 saturated heterocycles. The molecular formula is C12H19NO4S2. The fourth-order valence-corrected chi connectivity index (χ4v) is 3.56. The maximum Gasteiger partial charge on any atom is 0.350 e. The molecule has 19 heavy (non-hydrogen) atoms. The number of aryl methyl sites for hydroxylation is 1. The lowest BCUT2D eigenvalue weighted by Crippen LogP contribution is -2.29. The van der Waals surface area contributed by atoms with Crippen LogP contribution in [0, 0.1) is 6.92 Å². The van der Waals surface area contributed by atoms with Crippen molar-refractivity contribution in [3.8, 4) is 0 Å². The molecule has 0 aliphatic rings. The molecule has 1 heterocycles. The number of thiazole rings is 1. The van der Waals surface area contributed by atoms with Crippen molar-refractivity contribution in [1.82, 2.24) is 4.98 Å². The number of sulfone groups is 1. The minimum Gasteiger partial charge on any atom is -0.462 e. The van der Waals surface area contributed by atoms with Crippen molar-refractivity contribution in [2.75, 3.05) is 6.61 Å². The minimum atomic E-state index is -3.30. The number of aromatic nitrogens is 1. The van der Waals surface area contributed by atoms with Crippen LogP contribution in [0.25, 0.3) is 0 Å². The third-order valence-electron chi connectivity index (χ3n) is 2.55. The summed E-state index contributed by atoms with van der Waals surface area (Å²) in [5, 5.41) is 0.426. The molecule has 0 N–H and O–H groups in total. The van der Waals surface area contributed by atoms with E-state index in [1.807, 2.05) is 0 Å². The molecule has 5 nitrogen and oxygen atoms in total. The molecule has 0 unspecified atom stereocenters. The Morgan fingerprint density at radius 3 is 2.42 bits per heavy atom. The van der Waals surface area contributed by atoms with Crippen molar-refractivity contribution < 1.29 is 17.9 Å². The van der Waals surface area contributed by atoms with E-state index in [9.17, 15) is 13.2 Å². The topological polar surface area (TPSA) is 73.3 Å². The van der Waals surface area contributed by atoms with Gasteiger partial charge in [-0.25, -0.2) is 18.2 Å². The minimum absolute atomic E-state index is 0.151. The number of carbonyl (C=O) groups excluding carboxylic acids is 1. The van der Waals surface area contributed by atoms with Crippen molar-refractivity contribution >= 4 is 27.1 Å². The predicted octanol–water partition coefficient (Wildman–Crippen LogP) is 2.34. The Morgan fingerprint density at radius 1 is 1.37 bits per heavy atom. The summed E-state index contributed by atoms with van der Waals surface area (Å²) in [6, 6.07) is 0. The van der Waals surface area contributed by atoms with Gasteiger partial charge in [-0.15, -0.1) is 11.3 Å². The standard InChI is InChI=1S/C12H19NO4S2/c1-6-17-11(14)10-8(2)13-9(18-10)7-19(15,16)12(3,4)5/h6-7H2,1-5H3. The molecule has 1 aromatic heterocycles. The molecule has 108 valence electrons. The normalized spacial score (nSPS) is 12.5. The summed E-state index contributed by atoms with van der Waals surface area (Å²) in [6.45, 7) is 8.63. The first-order valence-corrected chi connectivity index (χ1v) is 8.41. The summed E-state index contributed by atoms with van der Waals surface area (Å²) in [6.07, 6.45) is 0. The highest BCUT2D eigenvalue weighted by Gasteiger charge is 2.31. The molecule has 0 atom stereocenters. The van der Waals surface area contributed by atoms with Gasteiger partial charge in [-0.3, -0.25) is 0 Å². The Balaban J connectivity index is 3.01. The zero-order valence-electron chi connectivity index (χ0n) is 11.8. The number of nitrogens with zero attached hydrogens (tertiary/aromatic N) is 1. The van der Waals surface area contributed by atoms with E-state index in [4.69, 9.17) is 4.74 Å². The Kier molecular flexibility index (Phi) is 4.73. The van der Waals surface area contributed by atoms with Gasteiger partial charge in [0.25, 0.3) is 0 Å². The first-order chi connectivity index (χ1) is 8.58. The zero-order chi connectivity index (χ0) is 14.8. The molecule has 0 bridgehead atoms. The molecule has 0 radical (unpaired) electrons. The second kappa shape index (κ2) is 5.58. The van der Waals surface area contributed by atoms with Gasteiger partial charge in [-0.05, 0) is 34.6 Å². The van der Waals surface area contributed by atoms with Crippen molar-refractivity contribution in [1.29, 1.82) is 0 Å². The van der Waals surface area contributed by atoms with Crippen LogP contribution in [0.2, 0.25) is 0 Å². The number of ether oxygens (including phenoxy) is 1. The summed E-state index contributed by atoms with van der Waals surface area (Å²) in [4.78, 5) is 16.2. The Labute approximate surface area is 117 Å². The van der Waals surface area contributed by atoms with Crippen LogP contribution >= 0.6 is 11.3 Å². The van der Waals surface area contributed by atoms with Crippen LogP contribution in [-0.4, -0.2) is 30.7 Å². The van der Waals surface area contributed by atoms with Gasteiger partial charge in [-0.2, -0.15) is 0 Å². The SMILES string of the molecule is CCOC(=O)c1sc(CS(=O)(=O)C(C)(C)C)nc1C. The fourth-order valence-electron chi connectivity index (χ4n) is 1.28. The highest BCUT2D eigenvalue weighted by atomic mass is 32.2. The number of hydrogen-bond acceptors (Lipinski definition) is 6. The van der Waals surface area contributed by atoms with Crippen LogP contribution in [0.4, 0.5) is 0 Å². The molecule has 7 heteroatoms. The van der Waals surface area contributed by atoms with Gasteiger partial charge in [0, 0.05) is 0 Å². The monoisotopic (exact) mass is 305 g/mol. The van der Waals surface area contributed by atoms with Gasteiger partial charge < -0.3 is 4.74 Å². The van der Waals surface area contributed by atoms with Gasteiger partial charge in [0.2, 0.25) is 0 Å². The van der Waals surface area contributed by atoms with Gasteiger partial charge in [0.05, 0.1) is 17.0 Å². The zero-order valence-corrected chi connectivity index (χ0v) is 13.4. The van der Waals surface area contributed by atoms with Crippen molar-refractivity contribution in [3.05, 3.63) is 15.6 Å². The van der Waals surface area contributed by atoms with E-state index in [1.165, 1.54) is 0 Å². The molecule has 0 amide bonds. The molecule has 0 saturated carbocycles. The van der Waals surface area contributed by atoms with Crippen LogP contribution in [0.15, 0.2) is 0 Å². The molecule has 0 aromatic carbocycles. The number of rotatable bonds is 4. The van der Waals surface area contributed by atoms with Crippen LogP contribution in [0.1, 0.15) is 48.1 Å². The van der Waals surface area contributed by atoms with Crippen LogP contribution < -0.4 is 0 Å². The van der Waals surface area contributed by atoms with Crippen LogP contribution in [-0.2, 0) is 20.3 Å². The van der Waals surface area contributed by atoms with E-state index in [2.05, 4.69) is 4.98 Å². The van der Waals surface area contributed by atoms with E-state index in [-0.39, 0.29) is 12.4 Å². The molecule has 0 aliphatic heterocycles. The predicted molar refractivity (Wildman–Crippen MR) is 75.2 cm³/mol. The number of carbonyl (C=O) groups is 1. The maximum absolute atomic E-state index is 12.1. The highest BCUT2D eigenvalue weighted by Crippen LogP contribution is 2.25. The lowest BCUT2D eigenvalue weighted by atomic mass is 10.3. The van der Waals surface area contributed by atoms with Gasteiger partial charge in [0.15, 0.2) is 9.84 Å². The molecule has 1 rings (SSSR count). The molecular weight excluding hydrogens is 286 g/mol. The first-order valence-electron chi connectivity index (χ1n) is 5.94. The summed E-state index contributed by atoms with van der Waals surface area (Å²) < 4.78 is 28.2. The third kappa shape index (κ3) is 3.76. The van der Waals surface area contributed by atoms with Crippen molar-refractivity contribution in [3.63, 3.8) is 0 Å². The number of esters is 1. The average molecular weight is 305 g/mol. The van der Waals surface area contributed by atoms with Gasteiger partial charge >= 0.3 is 5.97 Å². The highest BCUT2D eigenvalue weighted by molar-refractivity contribution is 7.92. The maximum atomic E-state index is 12.1. The van der Waals surface area contributed by atoms with Crippen molar-refractivity contribution in [2.24, 2.45) is 0 Å². The van der Waals surface area contributed by atoms with E-state index >= 15 is 0 Å². The van der Waals surface area contributed by atoms with E-state index < -0.39 is 20.6 Å². The molecule has 0 fully saturated rings. The van der Waals surface area contributed by atoms with Crippen LogP contribution in [0.5, 0.6) is 0 Å². The molecule has 0 spiro atoms. The summed E-state index contributed by atoms with van der Waals surface area (Å²) in [5.74, 6) is -0.599. The van der Waals surface area contributed by atoms with E-state index in [0.717, 1.165) is 11.3 Å². The molecule has 0 aliphatic carbocycles. The van der Waals surface area contributed by atoms with Crippen molar-refractivity contribution in [2.45, 2.75) is 45.1 Å². The Morgan fingerprint density at radius 2 is 1.95 bits per heavy atom. The first kappa shape index (κ1) is 16.1. The summed E-state index contributed by atoms with van der Waals surface area (Å²) in [7, 11) is -3.30. The average Bonchev–Trinajstić information content (AvgIpc) is 2.57. The van der Waals surface area contributed by atoms with Crippen LogP contribution in [0.3, 0.4) is 0 Å². The second-order valence-corrected chi connectivity index (χ2v) is 8.94. The van der Waals surface area contributed by atoms with E-state index in [1.54, 1.807) is 34.6 Å². The van der Waals surface area contributed by atoms with Gasteiger partial charge in [0.1, 0.15) is 15.6 Å². The number of hydrogen-bond donors (Lipinski definition) is 0. The molecule has 1 aromatic rings. The lowest BCUT2D eigenvalue weighted by molar-refractivity contribution is 0.0531. The summed E-state index contributed by atoms with van der Waals surface area (Å²) in [5.41, 5.74) is 0.516. The summed E-state index contributed by atoms with van der Waals surface area (Å²) >= 11 is 1.09. The van der Waals surface area contributed by atoms with E-state index in [0.29, 0.717) is 15.6 Å². The Bertz CT molecular complexity index is 567. The largest absolute Gasteiger partial charge is 0.462 e. The smallest absolute Gasteiger partial charge is 0.350 e.